The van der Waals surface area contributed by atoms with E-state index in [2.05, 4.69) is 22.1 Å². The third-order valence-electron chi connectivity index (χ3n) is 5.38. The van der Waals surface area contributed by atoms with Gasteiger partial charge in [-0.3, -0.25) is 15.0 Å². The molecular weight excluding hydrogens is 370 g/mol. The average molecular weight is 396 g/mol. The van der Waals surface area contributed by atoms with Crippen LogP contribution < -0.4 is 10.1 Å². The monoisotopic (exact) mass is 395 g/mol. The number of nitrogens with zero attached hydrogens (tertiary/aromatic N) is 2. The topological polar surface area (TPSA) is 54.5 Å². The second-order valence-corrected chi connectivity index (χ2v) is 8.28. The lowest BCUT2D eigenvalue weighted by molar-refractivity contribution is 0.102. The molecule has 1 aromatic heterocycles. The number of benzene rings is 2. The largest absolute Gasteiger partial charge is 0.496 e. The molecule has 2 aromatic carbocycles. The Morgan fingerprint density at radius 1 is 1.21 bits per heavy atom. The summed E-state index contributed by atoms with van der Waals surface area (Å²) in [5, 5.41) is 7.45. The molecule has 1 aliphatic rings. The van der Waals surface area contributed by atoms with Crippen LogP contribution in [0.25, 0.3) is 10.8 Å². The number of hydrogen-bond acceptors (Lipinski definition) is 5. The van der Waals surface area contributed by atoms with Gasteiger partial charge in [-0.15, -0.1) is 11.3 Å². The number of carbonyl (C=O) groups is 1. The van der Waals surface area contributed by atoms with Gasteiger partial charge in [0.2, 0.25) is 0 Å². The number of amides is 1. The molecule has 1 fully saturated rings. The van der Waals surface area contributed by atoms with E-state index in [1.54, 1.807) is 13.2 Å². The lowest BCUT2D eigenvalue weighted by atomic mass is 9.99. The molecule has 1 aliphatic heterocycles. The van der Waals surface area contributed by atoms with E-state index in [0.717, 1.165) is 47.8 Å². The van der Waals surface area contributed by atoms with Gasteiger partial charge in [0.15, 0.2) is 5.13 Å². The van der Waals surface area contributed by atoms with Crippen LogP contribution in [0.2, 0.25) is 0 Å². The van der Waals surface area contributed by atoms with Crippen molar-refractivity contribution in [2.24, 2.45) is 5.92 Å². The number of carbonyl (C=O) groups excluding carboxylic acids is 1. The summed E-state index contributed by atoms with van der Waals surface area (Å²) in [5.74, 6) is 1.44. The Bertz CT molecular complexity index is 977. The quantitative estimate of drug-likeness (QED) is 0.675. The minimum Gasteiger partial charge on any atom is -0.496 e. The summed E-state index contributed by atoms with van der Waals surface area (Å²) in [6.45, 7) is 5.41. The Kier molecular flexibility index (Phi) is 5.59. The third kappa shape index (κ3) is 4.03. The number of nitrogens with one attached hydrogen (secondary N) is 1. The molecule has 6 heteroatoms. The van der Waals surface area contributed by atoms with E-state index in [-0.39, 0.29) is 5.91 Å². The normalized spacial score (nSPS) is 15.6. The summed E-state index contributed by atoms with van der Waals surface area (Å²) >= 11 is 1.48. The van der Waals surface area contributed by atoms with E-state index in [1.165, 1.54) is 24.2 Å². The highest BCUT2D eigenvalue weighted by molar-refractivity contribution is 7.14. The summed E-state index contributed by atoms with van der Waals surface area (Å²) in [6, 6.07) is 11.4. The molecule has 146 valence electrons. The van der Waals surface area contributed by atoms with E-state index >= 15 is 0 Å². The number of likely N-dealkylation sites (tertiary alicyclic amines) is 1. The van der Waals surface area contributed by atoms with Crippen molar-refractivity contribution in [2.75, 3.05) is 25.5 Å². The number of methoxy groups -OCH3 is 1. The predicted molar refractivity (Wildman–Crippen MR) is 114 cm³/mol. The van der Waals surface area contributed by atoms with Gasteiger partial charge in [0.25, 0.3) is 5.91 Å². The minimum absolute atomic E-state index is 0.147. The third-order valence-corrected chi connectivity index (χ3v) is 6.19. The molecule has 1 saturated heterocycles. The maximum Gasteiger partial charge on any atom is 0.258 e. The number of fused-ring (bicyclic) bond motifs is 1. The molecule has 0 unspecified atom stereocenters. The number of piperidine rings is 1. The lowest BCUT2D eigenvalue weighted by Crippen LogP contribution is -2.32. The van der Waals surface area contributed by atoms with Crippen LogP contribution in [0, 0.1) is 5.92 Å². The number of ether oxygens (including phenoxy) is 1. The maximum absolute atomic E-state index is 12.9. The van der Waals surface area contributed by atoms with Crippen molar-refractivity contribution < 1.29 is 9.53 Å². The molecular formula is C22H25N3O2S. The van der Waals surface area contributed by atoms with E-state index in [1.807, 2.05) is 35.7 Å². The van der Waals surface area contributed by atoms with Gasteiger partial charge in [0, 0.05) is 22.9 Å². The summed E-state index contributed by atoms with van der Waals surface area (Å²) < 4.78 is 5.42. The zero-order valence-corrected chi connectivity index (χ0v) is 17.1. The average Bonchev–Trinajstić information content (AvgIpc) is 3.15. The molecule has 1 amide bonds. The maximum atomic E-state index is 12.9. The van der Waals surface area contributed by atoms with E-state index < -0.39 is 0 Å². The van der Waals surface area contributed by atoms with Gasteiger partial charge in [0.05, 0.1) is 12.8 Å². The fourth-order valence-corrected chi connectivity index (χ4v) is 4.39. The smallest absolute Gasteiger partial charge is 0.258 e. The van der Waals surface area contributed by atoms with E-state index in [0.29, 0.717) is 10.7 Å². The second-order valence-electron chi connectivity index (χ2n) is 7.42. The second kappa shape index (κ2) is 8.29. The van der Waals surface area contributed by atoms with Crippen LogP contribution in [-0.2, 0) is 6.54 Å². The highest BCUT2D eigenvalue weighted by Crippen LogP contribution is 2.29. The molecule has 4 rings (SSSR count). The van der Waals surface area contributed by atoms with Gasteiger partial charge in [-0.2, -0.15) is 0 Å². The van der Waals surface area contributed by atoms with Crippen molar-refractivity contribution in [1.29, 1.82) is 0 Å². The number of thiazole rings is 1. The van der Waals surface area contributed by atoms with Crippen LogP contribution in [-0.4, -0.2) is 36.0 Å². The molecule has 0 spiro atoms. The zero-order valence-electron chi connectivity index (χ0n) is 16.3. The summed E-state index contributed by atoms with van der Waals surface area (Å²) in [6.07, 6.45) is 2.50. The first-order chi connectivity index (χ1) is 13.6. The van der Waals surface area contributed by atoms with Gasteiger partial charge in [-0.25, -0.2) is 4.98 Å². The van der Waals surface area contributed by atoms with Gasteiger partial charge in [-0.05, 0) is 49.4 Å². The molecule has 0 atom stereocenters. The van der Waals surface area contributed by atoms with Crippen LogP contribution in [0.5, 0.6) is 5.75 Å². The zero-order chi connectivity index (χ0) is 19.5. The molecule has 1 N–H and O–H groups in total. The predicted octanol–water partition coefficient (Wildman–Crippen LogP) is 4.79. The molecule has 2 heterocycles. The first kappa shape index (κ1) is 18.9. The Balaban J connectivity index is 1.47. The van der Waals surface area contributed by atoms with E-state index in [9.17, 15) is 4.79 Å². The summed E-state index contributed by atoms with van der Waals surface area (Å²) in [5.41, 5.74) is 1.65. The molecule has 0 bridgehead atoms. The van der Waals surface area contributed by atoms with Gasteiger partial charge >= 0.3 is 0 Å². The highest BCUT2D eigenvalue weighted by atomic mass is 32.1. The SMILES string of the molecule is COc1ccc(C(=O)Nc2nc(CN3CCC(C)CC3)cs2)c2ccccc12. The van der Waals surface area contributed by atoms with Crippen molar-refractivity contribution >= 4 is 33.1 Å². The number of aromatic nitrogens is 1. The first-order valence-corrected chi connectivity index (χ1v) is 10.6. The summed E-state index contributed by atoms with van der Waals surface area (Å²) in [7, 11) is 1.64. The Morgan fingerprint density at radius 3 is 2.71 bits per heavy atom. The van der Waals surface area contributed by atoms with Crippen molar-refractivity contribution in [3.05, 3.63) is 53.0 Å². The van der Waals surface area contributed by atoms with Crippen LogP contribution >= 0.6 is 11.3 Å². The fourth-order valence-electron chi connectivity index (χ4n) is 3.70. The minimum atomic E-state index is -0.147. The van der Waals surface area contributed by atoms with Crippen LogP contribution in [0.4, 0.5) is 5.13 Å². The molecule has 28 heavy (non-hydrogen) atoms. The Hall–Kier alpha value is -2.44. The molecule has 3 aromatic rings. The Morgan fingerprint density at radius 2 is 1.96 bits per heavy atom. The van der Waals surface area contributed by atoms with Gasteiger partial charge < -0.3 is 4.74 Å². The molecule has 0 radical (unpaired) electrons. The number of anilines is 1. The number of rotatable bonds is 5. The van der Waals surface area contributed by atoms with Crippen molar-refractivity contribution in [3.8, 4) is 5.75 Å². The fraction of sp³-hybridized carbons (Fsp3) is 0.364. The van der Waals surface area contributed by atoms with Crippen molar-refractivity contribution in [3.63, 3.8) is 0 Å². The first-order valence-electron chi connectivity index (χ1n) is 9.68. The van der Waals surface area contributed by atoms with Crippen molar-refractivity contribution in [2.45, 2.75) is 26.3 Å². The van der Waals surface area contributed by atoms with Crippen LogP contribution in [0.3, 0.4) is 0 Å². The molecule has 0 aliphatic carbocycles. The highest BCUT2D eigenvalue weighted by Gasteiger charge is 2.18. The van der Waals surface area contributed by atoms with Gasteiger partial charge in [-0.1, -0.05) is 31.2 Å². The van der Waals surface area contributed by atoms with E-state index in [4.69, 9.17) is 4.74 Å². The summed E-state index contributed by atoms with van der Waals surface area (Å²) in [4.78, 5) is 19.9. The van der Waals surface area contributed by atoms with Gasteiger partial charge in [0.1, 0.15) is 5.75 Å². The molecule has 5 nitrogen and oxygen atoms in total. The Labute approximate surface area is 169 Å². The van der Waals surface area contributed by atoms with Crippen molar-refractivity contribution in [1.82, 2.24) is 9.88 Å². The lowest BCUT2D eigenvalue weighted by Gasteiger charge is -2.29. The number of hydrogen-bond donors (Lipinski definition) is 1. The standard InChI is InChI=1S/C22H25N3O2S/c1-15-9-11-25(12-10-15)13-16-14-28-22(23-16)24-21(26)19-7-8-20(27-2)18-6-4-3-5-17(18)19/h3-8,14-15H,9-13H2,1-2H3,(H,23,24,26). The molecule has 0 saturated carbocycles. The van der Waals surface area contributed by atoms with Crippen LogP contribution in [0.15, 0.2) is 41.8 Å². The van der Waals surface area contributed by atoms with Crippen LogP contribution in [0.1, 0.15) is 35.8 Å².